The third-order valence-corrected chi connectivity index (χ3v) is 1.40. The van der Waals surface area contributed by atoms with Crippen molar-refractivity contribution in [2.75, 3.05) is 0 Å². The maximum Gasteiger partial charge on any atom is 0.263 e. The monoisotopic (exact) mass is 154 g/mol. The van der Waals surface area contributed by atoms with Crippen molar-refractivity contribution in [3.05, 3.63) is 42.0 Å². The van der Waals surface area contributed by atoms with E-state index < -0.39 is 6.43 Å². The maximum absolute atomic E-state index is 12.0. The smallest absolute Gasteiger partial charge is 0.205 e. The zero-order valence-electron chi connectivity index (χ0n) is 5.93. The van der Waals surface area contributed by atoms with Crippen LogP contribution in [0, 0.1) is 0 Å². The van der Waals surface area contributed by atoms with E-state index in [1.54, 1.807) is 18.2 Å². The van der Waals surface area contributed by atoms with Crippen molar-refractivity contribution >= 4 is 6.08 Å². The molecule has 0 heterocycles. The first-order valence-electron chi connectivity index (χ1n) is 3.24. The highest BCUT2D eigenvalue weighted by atomic mass is 19.3. The molecule has 0 aliphatic heterocycles. The fourth-order valence-electron chi connectivity index (χ4n) is 0.822. The standard InChI is InChI=1S/C9H8F2/c1-2-7-4-3-5-8(6-7)9(10)11/h2-6,9H,1H2. The lowest BCUT2D eigenvalue weighted by Crippen LogP contribution is -1.83. The van der Waals surface area contributed by atoms with Gasteiger partial charge in [0, 0.05) is 5.56 Å². The first-order valence-corrected chi connectivity index (χ1v) is 3.24. The molecule has 0 aromatic heterocycles. The van der Waals surface area contributed by atoms with Crippen molar-refractivity contribution in [3.63, 3.8) is 0 Å². The molecule has 11 heavy (non-hydrogen) atoms. The molecule has 0 spiro atoms. The summed E-state index contributed by atoms with van der Waals surface area (Å²) in [6.45, 7) is 3.49. The molecule has 1 aromatic rings. The zero-order valence-corrected chi connectivity index (χ0v) is 5.93. The summed E-state index contributed by atoms with van der Waals surface area (Å²) in [5.74, 6) is 0. The average Bonchev–Trinajstić information content (AvgIpc) is 2.05. The molecule has 58 valence electrons. The minimum Gasteiger partial charge on any atom is -0.205 e. The van der Waals surface area contributed by atoms with E-state index in [4.69, 9.17) is 0 Å². The van der Waals surface area contributed by atoms with Crippen LogP contribution in [0.4, 0.5) is 8.78 Å². The van der Waals surface area contributed by atoms with Gasteiger partial charge in [-0.3, -0.25) is 0 Å². The second kappa shape index (κ2) is 3.28. The molecule has 0 saturated heterocycles. The van der Waals surface area contributed by atoms with E-state index in [1.807, 2.05) is 0 Å². The van der Waals surface area contributed by atoms with Crippen LogP contribution < -0.4 is 0 Å². The SMILES string of the molecule is C=Cc1cccc(C(F)F)c1. The molecule has 1 rings (SSSR count). The predicted molar refractivity (Wildman–Crippen MR) is 41.5 cm³/mol. The van der Waals surface area contributed by atoms with Crippen LogP contribution in [0.5, 0.6) is 0 Å². The van der Waals surface area contributed by atoms with Gasteiger partial charge in [0.2, 0.25) is 0 Å². The first kappa shape index (κ1) is 7.92. The summed E-state index contributed by atoms with van der Waals surface area (Å²) < 4.78 is 24.1. The molecular weight excluding hydrogens is 146 g/mol. The first-order chi connectivity index (χ1) is 5.24. The number of halogens is 2. The van der Waals surface area contributed by atoms with Crippen LogP contribution in [0.25, 0.3) is 6.08 Å². The van der Waals surface area contributed by atoms with E-state index in [9.17, 15) is 8.78 Å². The minimum absolute atomic E-state index is 0.0439. The highest BCUT2D eigenvalue weighted by Crippen LogP contribution is 2.19. The fourth-order valence-corrected chi connectivity index (χ4v) is 0.822. The number of hydrogen-bond donors (Lipinski definition) is 0. The van der Waals surface area contributed by atoms with Crippen LogP contribution in [0.3, 0.4) is 0 Å². The Labute approximate surface area is 64.2 Å². The number of benzene rings is 1. The van der Waals surface area contributed by atoms with Gasteiger partial charge >= 0.3 is 0 Å². The molecule has 0 unspecified atom stereocenters. The quantitative estimate of drug-likeness (QED) is 0.613. The molecule has 0 amide bonds. The van der Waals surface area contributed by atoms with E-state index in [1.165, 1.54) is 12.1 Å². The highest BCUT2D eigenvalue weighted by molar-refractivity contribution is 5.48. The summed E-state index contributed by atoms with van der Waals surface area (Å²) in [5, 5.41) is 0. The van der Waals surface area contributed by atoms with Crippen molar-refractivity contribution in [2.24, 2.45) is 0 Å². The Balaban J connectivity index is 3.00. The lowest BCUT2D eigenvalue weighted by Gasteiger charge is -1.99. The van der Waals surface area contributed by atoms with Gasteiger partial charge in [-0.2, -0.15) is 0 Å². The Morgan fingerprint density at radius 3 is 2.64 bits per heavy atom. The van der Waals surface area contributed by atoms with Gasteiger partial charge in [0.15, 0.2) is 0 Å². The van der Waals surface area contributed by atoms with Gasteiger partial charge in [0.25, 0.3) is 6.43 Å². The molecular formula is C9H8F2. The van der Waals surface area contributed by atoms with Crippen molar-refractivity contribution in [2.45, 2.75) is 6.43 Å². The van der Waals surface area contributed by atoms with Crippen LogP contribution in [0.15, 0.2) is 30.8 Å². The van der Waals surface area contributed by atoms with E-state index in [-0.39, 0.29) is 5.56 Å². The molecule has 0 N–H and O–H groups in total. The summed E-state index contributed by atoms with van der Waals surface area (Å²) >= 11 is 0. The summed E-state index contributed by atoms with van der Waals surface area (Å²) in [6, 6.07) is 6.16. The highest BCUT2D eigenvalue weighted by Gasteiger charge is 2.04. The minimum atomic E-state index is -2.39. The topological polar surface area (TPSA) is 0 Å². The van der Waals surface area contributed by atoms with Gasteiger partial charge in [-0.05, 0) is 11.6 Å². The van der Waals surface area contributed by atoms with Gasteiger partial charge in [-0.25, -0.2) is 8.78 Å². The maximum atomic E-state index is 12.0. The molecule has 0 saturated carbocycles. The Morgan fingerprint density at radius 2 is 2.09 bits per heavy atom. The zero-order chi connectivity index (χ0) is 8.27. The van der Waals surface area contributed by atoms with E-state index in [0.717, 1.165) is 5.56 Å². The third-order valence-electron chi connectivity index (χ3n) is 1.40. The molecule has 0 aliphatic rings. The average molecular weight is 154 g/mol. The second-order valence-corrected chi connectivity index (χ2v) is 2.17. The molecule has 0 radical (unpaired) electrons. The third kappa shape index (κ3) is 1.87. The normalized spacial score (nSPS) is 10.1. The van der Waals surface area contributed by atoms with Gasteiger partial charge in [-0.1, -0.05) is 30.9 Å². The molecule has 0 aliphatic carbocycles. The van der Waals surface area contributed by atoms with Crippen LogP contribution in [0.2, 0.25) is 0 Å². The van der Waals surface area contributed by atoms with E-state index >= 15 is 0 Å². The molecule has 1 aromatic carbocycles. The molecule has 2 heteroatoms. The van der Waals surface area contributed by atoms with Crippen LogP contribution >= 0.6 is 0 Å². The summed E-state index contributed by atoms with van der Waals surface area (Å²) in [7, 11) is 0. The Kier molecular flexibility index (Phi) is 2.36. The Bertz CT molecular complexity index is 253. The lowest BCUT2D eigenvalue weighted by molar-refractivity contribution is 0.151. The molecule has 0 nitrogen and oxygen atoms in total. The van der Waals surface area contributed by atoms with Gasteiger partial charge in [0.05, 0.1) is 0 Å². The Morgan fingerprint density at radius 1 is 1.36 bits per heavy atom. The second-order valence-electron chi connectivity index (χ2n) is 2.17. The molecule has 0 fully saturated rings. The number of hydrogen-bond acceptors (Lipinski definition) is 0. The molecule has 0 atom stereocenters. The Hall–Kier alpha value is -1.18. The van der Waals surface area contributed by atoms with E-state index in [2.05, 4.69) is 6.58 Å². The van der Waals surface area contributed by atoms with Crippen LogP contribution in [-0.4, -0.2) is 0 Å². The lowest BCUT2D eigenvalue weighted by atomic mass is 10.1. The molecule has 0 bridgehead atoms. The van der Waals surface area contributed by atoms with Gasteiger partial charge < -0.3 is 0 Å². The fraction of sp³-hybridized carbons (Fsp3) is 0.111. The summed E-state index contributed by atoms with van der Waals surface area (Å²) in [5.41, 5.74) is 0.769. The van der Waals surface area contributed by atoms with Crippen molar-refractivity contribution in [3.8, 4) is 0 Å². The largest absolute Gasteiger partial charge is 0.263 e. The number of alkyl halides is 2. The van der Waals surface area contributed by atoms with E-state index in [0.29, 0.717) is 0 Å². The van der Waals surface area contributed by atoms with Crippen molar-refractivity contribution in [1.82, 2.24) is 0 Å². The van der Waals surface area contributed by atoms with Crippen molar-refractivity contribution < 1.29 is 8.78 Å². The summed E-state index contributed by atoms with van der Waals surface area (Å²) in [4.78, 5) is 0. The number of rotatable bonds is 2. The van der Waals surface area contributed by atoms with Gasteiger partial charge in [0.1, 0.15) is 0 Å². The van der Waals surface area contributed by atoms with Crippen LogP contribution in [0.1, 0.15) is 17.6 Å². The van der Waals surface area contributed by atoms with Crippen LogP contribution in [-0.2, 0) is 0 Å². The summed E-state index contributed by atoms with van der Waals surface area (Å²) in [6.07, 6.45) is -0.846. The van der Waals surface area contributed by atoms with Crippen molar-refractivity contribution in [1.29, 1.82) is 0 Å². The predicted octanol–water partition coefficient (Wildman–Crippen LogP) is 3.27. The van der Waals surface area contributed by atoms with Gasteiger partial charge in [-0.15, -0.1) is 0 Å².